The monoisotopic (exact) mass is 396 g/mol. The van der Waals surface area contributed by atoms with Crippen molar-refractivity contribution in [2.45, 2.75) is 57.7 Å². The van der Waals surface area contributed by atoms with Crippen LogP contribution in [0.4, 0.5) is 0 Å². The van der Waals surface area contributed by atoms with Crippen LogP contribution in [0.1, 0.15) is 44.7 Å². The molecule has 2 aromatic rings. The van der Waals surface area contributed by atoms with Crippen LogP contribution in [0.3, 0.4) is 0 Å². The first-order valence-corrected chi connectivity index (χ1v) is 10.8. The second kappa shape index (κ2) is 10.2. The lowest BCUT2D eigenvalue weighted by atomic mass is 9.87. The minimum Gasteiger partial charge on any atom is -0.491 e. The Kier molecular flexibility index (Phi) is 7.70. The van der Waals surface area contributed by atoms with Crippen molar-refractivity contribution in [3.8, 4) is 5.75 Å². The van der Waals surface area contributed by atoms with Crippen LogP contribution in [-0.2, 0) is 12.0 Å². The molecule has 3 rings (SSSR count). The third-order valence-electron chi connectivity index (χ3n) is 5.64. The van der Waals surface area contributed by atoms with E-state index in [0.717, 1.165) is 38.2 Å². The lowest BCUT2D eigenvalue weighted by Crippen LogP contribution is -2.45. The minimum atomic E-state index is -0.500. The molecule has 1 aliphatic heterocycles. The topological polar surface area (TPSA) is 44.7 Å². The number of hydrogen-bond donors (Lipinski definition) is 2. The summed E-state index contributed by atoms with van der Waals surface area (Å²) in [4.78, 5) is 2.51. The van der Waals surface area contributed by atoms with Crippen molar-refractivity contribution in [3.05, 3.63) is 65.7 Å². The molecule has 1 heterocycles. The average Bonchev–Trinajstić information content (AvgIpc) is 2.72. The Morgan fingerprint density at radius 3 is 2.31 bits per heavy atom. The number of likely N-dealkylation sites (tertiary alicyclic amines) is 1. The zero-order valence-corrected chi connectivity index (χ0v) is 18.1. The summed E-state index contributed by atoms with van der Waals surface area (Å²) in [7, 11) is 0. The number of rotatable bonds is 8. The summed E-state index contributed by atoms with van der Waals surface area (Å²) >= 11 is 0. The van der Waals surface area contributed by atoms with E-state index in [9.17, 15) is 5.11 Å². The highest BCUT2D eigenvalue weighted by Crippen LogP contribution is 2.24. The largest absolute Gasteiger partial charge is 0.491 e. The van der Waals surface area contributed by atoms with Crippen molar-refractivity contribution in [2.24, 2.45) is 0 Å². The standard InChI is InChI=1S/C25H36N2O2/c1-25(2,3)21-9-11-24(12-10-21)29-19-23(28)17-26-22-13-15-27(16-14-22)18-20-7-5-4-6-8-20/h4-12,22-23,26,28H,13-19H2,1-3H3. The fraction of sp³-hybridized carbons (Fsp3) is 0.520. The van der Waals surface area contributed by atoms with Gasteiger partial charge in [-0.2, -0.15) is 0 Å². The molecule has 1 fully saturated rings. The molecule has 2 N–H and O–H groups in total. The van der Waals surface area contributed by atoms with Gasteiger partial charge in [0.15, 0.2) is 0 Å². The Balaban J connectivity index is 1.32. The predicted octanol–water partition coefficient (Wildman–Crippen LogP) is 3.98. The van der Waals surface area contributed by atoms with Gasteiger partial charge in [0.25, 0.3) is 0 Å². The first-order chi connectivity index (χ1) is 13.9. The average molecular weight is 397 g/mol. The Hall–Kier alpha value is -1.88. The molecule has 1 atom stereocenters. The molecule has 0 radical (unpaired) electrons. The lowest BCUT2D eigenvalue weighted by Gasteiger charge is -2.33. The highest BCUT2D eigenvalue weighted by atomic mass is 16.5. The SMILES string of the molecule is CC(C)(C)c1ccc(OCC(O)CNC2CCN(Cc3ccccc3)CC2)cc1. The van der Waals surface area contributed by atoms with Crippen molar-refractivity contribution in [1.29, 1.82) is 0 Å². The van der Waals surface area contributed by atoms with Gasteiger partial charge in [-0.3, -0.25) is 4.90 Å². The van der Waals surface area contributed by atoms with E-state index in [4.69, 9.17) is 4.74 Å². The summed E-state index contributed by atoms with van der Waals surface area (Å²) in [6.45, 7) is 10.7. The zero-order valence-electron chi connectivity index (χ0n) is 18.1. The molecule has 2 aromatic carbocycles. The molecule has 0 aromatic heterocycles. The van der Waals surface area contributed by atoms with Crippen LogP contribution in [0.15, 0.2) is 54.6 Å². The van der Waals surface area contributed by atoms with E-state index in [1.807, 2.05) is 12.1 Å². The number of piperidine rings is 1. The van der Waals surface area contributed by atoms with Gasteiger partial charge in [-0.15, -0.1) is 0 Å². The number of ether oxygens (including phenoxy) is 1. The van der Waals surface area contributed by atoms with Crippen molar-refractivity contribution in [1.82, 2.24) is 10.2 Å². The lowest BCUT2D eigenvalue weighted by molar-refractivity contribution is 0.0979. The Labute approximate surface area is 175 Å². The van der Waals surface area contributed by atoms with Crippen LogP contribution in [0, 0.1) is 0 Å². The highest BCUT2D eigenvalue weighted by molar-refractivity contribution is 5.31. The molecule has 1 saturated heterocycles. The van der Waals surface area contributed by atoms with Crippen LogP contribution in [0.5, 0.6) is 5.75 Å². The van der Waals surface area contributed by atoms with Crippen molar-refractivity contribution < 1.29 is 9.84 Å². The molecule has 1 aliphatic rings. The molecule has 0 aliphatic carbocycles. The fourth-order valence-electron chi connectivity index (χ4n) is 3.74. The molecule has 0 spiro atoms. The maximum Gasteiger partial charge on any atom is 0.119 e. The van der Waals surface area contributed by atoms with Gasteiger partial charge in [-0.25, -0.2) is 0 Å². The number of hydrogen-bond acceptors (Lipinski definition) is 4. The van der Waals surface area contributed by atoms with Crippen molar-refractivity contribution in [3.63, 3.8) is 0 Å². The van der Waals surface area contributed by atoms with Crippen LogP contribution in [0.2, 0.25) is 0 Å². The number of nitrogens with one attached hydrogen (secondary N) is 1. The molecule has 4 nitrogen and oxygen atoms in total. The second-order valence-corrected chi connectivity index (χ2v) is 9.18. The quantitative estimate of drug-likeness (QED) is 0.708. The molecular formula is C25H36N2O2. The Morgan fingerprint density at radius 2 is 1.69 bits per heavy atom. The molecule has 158 valence electrons. The van der Waals surface area contributed by atoms with Crippen LogP contribution < -0.4 is 10.1 Å². The van der Waals surface area contributed by atoms with Crippen molar-refractivity contribution in [2.75, 3.05) is 26.2 Å². The predicted molar refractivity (Wildman–Crippen MR) is 119 cm³/mol. The molecule has 0 bridgehead atoms. The number of benzene rings is 2. The third kappa shape index (κ3) is 7.14. The van der Waals surface area contributed by atoms with Gasteiger partial charge in [0.2, 0.25) is 0 Å². The van der Waals surface area contributed by atoms with Gasteiger partial charge in [0.05, 0.1) is 0 Å². The summed E-state index contributed by atoms with van der Waals surface area (Å²) in [6.07, 6.45) is 1.74. The van der Waals surface area contributed by atoms with E-state index >= 15 is 0 Å². The summed E-state index contributed by atoms with van der Waals surface area (Å²) in [5, 5.41) is 13.8. The number of aliphatic hydroxyl groups is 1. The fourth-order valence-corrected chi connectivity index (χ4v) is 3.74. The smallest absolute Gasteiger partial charge is 0.119 e. The van der Waals surface area contributed by atoms with E-state index in [0.29, 0.717) is 19.2 Å². The molecule has 4 heteroatoms. The summed E-state index contributed by atoms with van der Waals surface area (Å²) in [5.41, 5.74) is 2.80. The van der Waals surface area contributed by atoms with E-state index in [1.165, 1.54) is 11.1 Å². The van der Waals surface area contributed by atoms with Gasteiger partial charge in [0, 0.05) is 19.1 Å². The molecule has 0 amide bonds. The van der Waals surface area contributed by atoms with Gasteiger partial charge in [-0.05, 0) is 54.6 Å². The summed E-state index contributed by atoms with van der Waals surface area (Å²) in [6, 6.07) is 19.3. The second-order valence-electron chi connectivity index (χ2n) is 9.18. The van der Waals surface area contributed by atoms with E-state index in [1.54, 1.807) is 0 Å². The first kappa shape index (κ1) is 21.8. The van der Waals surface area contributed by atoms with Crippen LogP contribution >= 0.6 is 0 Å². The summed E-state index contributed by atoms with van der Waals surface area (Å²) in [5.74, 6) is 0.811. The van der Waals surface area contributed by atoms with E-state index < -0.39 is 6.10 Å². The number of nitrogens with zero attached hydrogens (tertiary/aromatic N) is 1. The first-order valence-electron chi connectivity index (χ1n) is 10.8. The summed E-state index contributed by atoms with van der Waals surface area (Å²) < 4.78 is 5.76. The maximum atomic E-state index is 10.3. The van der Waals surface area contributed by atoms with Crippen LogP contribution in [0.25, 0.3) is 0 Å². The zero-order chi connectivity index (χ0) is 20.7. The Morgan fingerprint density at radius 1 is 1.03 bits per heavy atom. The Bertz CT molecular complexity index is 717. The molecule has 29 heavy (non-hydrogen) atoms. The minimum absolute atomic E-state index is 0.138. The van der Waals surface area contributed by atoms with E-state index in [2.05, 4.69) is 73.5 Å². The van der Waals surface area contributed by atoms with E-state index in [-0.39, 0.29) is 5.41 Å². The van der Waals surface area contributed by atoms with Gasteiger partial charge in [0.1, 0.15) is 18.5 Å². The van der Waals surface area contributed by atoms with Gasteiger partial charge >= 0.3 is 0 Å². The molecule has 1 unspecified atom stereocenters. The normalized spacial score (nSPS) is 17.2. The molecule has 0 saturated carbocycles. The maximum absolute atomic E-state index is 10.3. The number of aliphatic hydroxyl groups excluding tert-OH is 1. The van der Waals surface area contributed by atoms with Crippen molar-refractivity contribution >= 4 is 0 Å². The van der Waals surface area contributed by atoms with Gasteiger partial charge < -0.3 is 15.2 Å². The highest BCUT2D eigenvalue weighted by Gasteiger charge is 2.20. The molecular weight excluding hydrogens is 360 g/mol. The van der Waals surface area contributed by atoms with Crippen LogP contribution in [-0.4, -0.2) is 48.4 Å². The third-order valence-corrected chi connectivity index (χ3v) is 5.64. The van der Waals surface area contributed by atoms with Gasteiger partial charge in [-0.1, -0.05) is 63.2 Å².